The predicted octanol–water partition coefficient (Wildman–Crippen LogP) is 2.16. The molecule has 1 aliphatic carbocycles. The van der Waals surface area contributed by atoms with E-state index < -0.39 is 0 Å². The quantitative estimate of drug-likeness (QED) is 0.899. The summed E-state index contributed by atoms with van der Waals surface area (Å²) in [6.45, 7) is 3.21. The molecule has 1 saturated carbocycles. The van der Waals surface area contributed by atoms with Gasteiger partial charge in [-0.2, -0.15) is 4.98 Å². The molecule has 2 unspecified atom stereocenters. The average Bonchev–Trinajstić information content (AvgIpc) is 3.14. The summed E-state index contributed by atoms with van der Waals surface area (Å²) in [5, 5.41) is 7.62. The van der Waals surface area contributed by atoms with Crippen LogP contribution in [0.3, 0.4) is 0 Å². The first-order valence-electron chi connectivity index (χ1n) is 7.22. The molecule has 2 atom stereocenters. The van der Waals surface area contributed by atoms with E-state index in [0.29, 0.717) is 23.5 Å². The van der Waals surface area contributed by atoms with E-state index in [1.807, 2.05) is 0 Å². The van der Waals surface area contributed by atoms with E-state index in [1.54, 1.807) is 12.3 Å². The van der Waals surface area contributed by atoms with Crippen LogP contribution in [0.15, 0.2) is 23.1 Å². The molecule has 0 aromatic carbocycles. The monoisotopic (exact) mass is 273 g/mol. The van der Waals surface area contributed by atoms with Gasteiger partial charge >= 0.3 is 0 Å². The van der Waals surface area contributed by atoms with Gasteiger partial charge < -0.3 is 9.84 Å². The molecule has 6 nitrogen and oxygen atoms in total. The van der Waals surface area contributed by atoms with E-state index >= 15 is 0 Å². The van der Waals surface area contributed by atoms with Gasteiger partial charge in [0, 0.05) is 12.2 Å². The number of aromatic nitrogens is 4. The fourth-order valence-electron chi connectivity index (χ4n) is 2.74. The van der Waals surface area contributed by atoms with Gasteiger partial charge in [0.05, 0.1) is 5.92 Å². The van der Waals surface area contributed by atoms with Gasteiger partial charge in [-0.3, -0.25) is 0 Å². The Morgan fingerprint density at radius 3 is 3.15 bits per heavy atom. The molecule has 0 bridgehead atoms. The van der Waals surface area contributed by atoms with Crippen molar-refractivity contribution in [2.75, 3.05) is 6.54 Å². The molecule has 106 valence electrons. The fourth-order valence-corrected chi connectivity index (χ4v) is 2.74. The SMILES string of the molecule is CCCNC1CCCC1c1nc(-c2ccncn2)no1. The van der Waals surface area contributed by atoms with Crippen molar-refractivity contribution in [3.05, 3.63) is 24.5 Å². The Morgan fingerprint density at radius 1 is 1.40 bits per heavy atom. The standard InChI is InChI=1S/C14H19N5O/c1-2-7-16-11-5-3-4-10(11)14-18-13(19-20-14)12-6-8-15-9-17-12/h6,8-11,16H,2-5,7H2,1H3. The zero-order valence-electron chi connectivity index (χ0n) is 11.6. The van der Waals surface area contributed by atoms with E-state index in [1.165, 1.54) is 19.2 Å². The van der Waals surface area contributed by atoms with Gasteiger partial charge in [0.2, 0.25) is 11.7 Å². The number of nitrogens with zero attached hydrogens (tertiary/aromatic N) is 4. The van der Waals surface area contributed by atoms with Crippen molar-refractivity contribution in [2.24, 2.45) is 0 Å². The lowest BCUT2D eigenvalue weighted by Crippen LogP contribution is -2.31. The third-order valence-corrected chi connectivity index (χ3v) is 3.74. The van der Waals surface area contributed by atoms with Gasteiger partial charge in [-0.25, -0.2) is 9.97 Å². The Morgan fingerprint density at radius 2 is 2.35 bits per heavy atom. The van der Waals surface area contributed by atoms with Crippen molar-refractivity contribution in [1.29, 1.82) is 0 Å². The molecule has 6 heteroatoms. The third-order valence-electron chi connectivity index (χ3n) is 3.74. The molecule has 20 heavy (non-hydrogen) atoms. The smallest absolute Gasteiger partial charge is 0.231 e. The Labute approximate surface area is 118 Å². The number of hydrogen-bond acceptors (Lipinski definition) is 6. The average molecular weight is 273 g/mol. The zero-order chi connectivity index (χ0) is 13.8. The topological polar surface area (TPSA) is 76.7 Å². The molecule has 1 aliphatic rings. The second-order valence-corrected chi connectivity index (χ2v) is 5.15. The van der Waals surface area contributed by atoms with Crippen molar-refractivity contribution >= 4 is 0 Å². The molecule has 2 aromatic heterocycles. The first-order valence-corrected chi connectivity index (χ1v) is 7.22. The molecule has 0 spiro atoms. The maximum absolute atomic E-state index is 5.45. The maximum Gasteiger partial charge on any atom is 0.231 e. The van der Waals surface area contributed by atoms with E-state index in [4.69, 9.17) is 4.52 Å². The van der Waals surface area contributed by atoms with Crippen LogP contribution in [0.4, 0.5) is 0 Å². The van der Waals surface area contributed by atoms with Crippen molar-refractivity contribution in [2.45, 2.75) is 44.6 Å². The molecule has 2 heterocycles. The molecular weight excluding hydrogens is 254 g/mol. The number of nitrogens with one attached hydrogen (secondary N) is 1. The predicted molar refractivity (Wildman–Crippen MR) is 74.0 cm³/mol. The molecule has 0 saturated heterocycles. The molecule has 1 fully saturated rings. The first-order chi connectivity index (χ1) is 9.88. The summed E-state index contributed by atoms with van der Waals surface area (Å²) in [4.78, 5) is 12.6. The van der Waals surface area contributed by atoms with Crippen LogP contribution in [0.5, 0.6) is 0 Å². The Bertz CT molecular complexity index is 542. The highest BCUT2D eigenvalue weighted by molar-refractivity contribution is 5.46. The van der Waals surface area contributed by atoms with Gasteiger partial charge in [0.15, 0.2) is 0 Å². The second kappa shape index (κ2) is 6.09. The highest BCUT2D eigenvalue weighted by Gasteiger charge is 2.32. The van der Waals surface area contributed by atoms with E-state index in [-0.39, 0.29) is 0 Å². The lowest BCUT2D eigenvalue weighted by atomic mass is 10.0. The summed E-state index contributed by atoms with van der Waals surface area (Å²) in [6, 6.07) is 2.24. The normalized spacial score (nSPS) is 22.2. The highest BCUT2D eigenvalue weighted by atomic mass is 16.5. The van der Waals surface area contributed by atoms with E-state index in [9.17, 15) is 0 Å². The van der Waals surface area contributed by atoms with Crippen LogP contribution in [0.1, 0.15) is 44.4 Å². The fraction of sp³-hybridized carbons (Fsp3) is 0.571. The summed E-state index contributed by atoms with van der Waals surface area (Å²) in [5.74, 6) is 1.60. The van der Waals surface area contributed by atoms with Gasteiger partial charge in [0.1, 0.15) is 12.0 Å². The van der Waals surface area contributed by atoms with Crippen molar-refractivity contribution in [3.8, 4) is 11.5 Å². The van der Waals surface area contributed by atoms with Crippen LogP contribution in [0.25, 0.3) is 11.5 Å². The molecule has 0 radical (unpaired) electrons. The summed E-state index contributed by atoms with van der Waals surface area (Å²) < 4.78 is 5.45. The van der Waals surface area contributed by atoms with Gasteiger partial charge in [-0.15, -0.1) is 0 Å². The van der Waals surface area contributed by atoms with E-state index in [2.05, 4.69) is 32.3 Å². The van der Waals surface area contributed by atoms with Crippen molar-refractivity contribution in [3.63, 3.8) is 0 Å². The summed E-state index contributed by atoms with van der Waals surface area (Å²) in [6.07, 6.45) is 7.80. The number of rotatable bonds is 5. The van der Waals surface area contributed by atoms with Gasteiger partial charge in [-0.1, -0.05) is 18.5 Å². The Hall–Kier alpha value is -1.82. The largest absolute Gasteiger partial charge is 0.339 e. The minimum Gasteiger partial charge on any atom is -0.339 e. The lowest BCUT2D eigenvalue weighted by Gasteiger charge is -2.17. The third kappa shape index (κ3) is 2.70. The molecule has 3 rings (SSSR count). The van der Waals surface area contributed by atoms with Crippen LogP contribution < -0.4 is 5.32 Å². The second-order valence-electron chi connectivity index (χ2n) is 5.15. The van der Waals surface area contributed by atoms with Crippen LogP contribution in [-0.4, -0.2) is 32.7 Å². The first kappa shape index (κ1) is 13.2. The highest BCUT2D eigenvalue weighted by Crippen LogP contribution is 2.34. The summed E-state index contributed by atoms with van der Waals surface area (Å²) >= 11 is 0. The van der Waals surface area contributed by atoms with Gasteiger partial charge in [-0.05, 0) is 31.9 Å². The molecule has 1 N–H and O–H groups in total. The molecule has 0 aliphatic heterocycles. The molecule has 2 aromatic rings. The molecule has 0 amide bonds. The Kier molecular flexibility index (Phi) is 4.01. The van der Waals surface area contributed by atoms with Crippen molar-refractivity contribution < 1.29 is 4.52 Å². The van der Waals surface area contributed by atoms with Gasteiger partial charge in [0.25, 0.3) is 0 Å². The number of hydrogen-bond donors (Lipinski definition) is 1. The van der Waals surface area contributed by atoms with Crippen molar-refractivity contribution in [1.82, 2.24) is 25.4 Å². The minimum absolute atomic E-state index is 0.324. The Balaban J connectivity index is 1.76. The summed E-state index contributed by atoms with van der Waals surface area (Å²) in [7, 11) is 0. The zero-order valence-corrected chi connectivity index (χ0v) is 11.6. The van der Waals surface area contributed by atoms with Crippen LogP contribution in [-0.2, 0) is 0 Å². The summed E-state index contributed by atoms with van der Waals surface area (Å²) in [5.41, 5.74) is 0.700. The lowest BCUT2D eigenvalue weighted by molar-refractivity contribution is 0.330. The van der Waals surface area contributed by atoms with Crippen LogP contribution in [0, 0.1) is 0 Å². The minimum atomic E-state index is 0.324. The van der Waals surface area contributed by atoms with Crippen LogP contribution >= 0.6 is 0 Å². The van der Waals surface area contributed by atoms with E-state index in [0.717, 1.165) is 25.3 Å². The maximum atomic E-state index is 5.45. The molecular formula is C14H19N5O. The van der Waals surface area contributed by atoms with Crippen LogP contribution in [0.2, 0.25) is 0 Å².